The minimum Gasteiger partial charge on any atom is -0.385 e. The Balaban J connectivity index is 0.00000338. The number of guanidine groups is 1. The average molecular weight is 481 g/mol. The maximum absolute atomic E-state index is 5.29. The Labute approximate surface area is 177 Å². The molecule has 1 saturated carbocycles. The third kappa shape index (κ3) is 7.86. The summed E-state index contributed by atoms with van der Waals surface area (Å²) >= 11 is 0. The Morgan fingerprint density at radius 3 is 2.31 bits per heavy atom. The van der Waals surface area contributed by atoms with Gasteiger partial charge in [0.05, 0.1) is 0 Å². The summed E-state index contributed by atoms with van der Waals surface area (Å²) < 4.78 is 5.29. The number of nitrogens with zero attached hydrogens (tertiary/aromatic N) is 3. The summed E-state index contributed by atoms with van der Waals surface area (Å²) in [6, 6.07) is 0. The van der Waals surface area contributed by atoms with E-state index in [0.29, 0.717) is 5.41 Å². The predicted molar refractivity (Wildman–Crippen MR) is 121 cm³/mol. The van der Waals surface area contributed by atoms with Crippen molar-refractivity contribution in [3.63, 3.8) is 0 Å². The standard InChI is InChI=1S/C19H39N5O.HI/c1-4-20-18(22-17-19(7-6-8-19)9-16-25-3)21-10-11-24-14-12-23(5-2)13-15-24;/h4-17H2,1-3H3,(H2,20,21,22);1H. The fourth-order valence-corrected chi connectivity index (χ4v) is 3.73. The lowest BCUT2D eigenvalue weighted by Gasteiger charge is -2.40. The van der Waals surface area contributed by atoms with Crippen molar-refractivity contribution in [1.29, 1.82) is 0 Å². The van der Waals surface area contributed by atoms with E-state index in [-0.39, 0.29) is 24.0 Å². The van der Waals surface area contributed by atoms with Crippen molar-refractivity contribution in [2.45, 2.75) is 39.5 Å². The Morgan fingerprint density at radius 1 is 1.08 bits per heavy atom. The summed E-state index contributed by atoms with van der Waals surface area (Å²) in [5, 5.41) is 6.92. The van der Waals surface area contributed by atoms with Gasteiger partial charge < -0.3 is 20.3 Å². The summed E-state index contributed by atoms with van der Waals surface area (Å²) in [5.74, 6) is 0.971. The summed E-state index contributed by atoms with van der Waals surface area (Å²) in [4.78, 5) is 9.95. The minimum absolute atomic E-state index is 0. The molecule has 0 spiro atoms. The number of hydrogen-bond donors (Lipinski definition) is 2. The van der Waals surface area contributed by atoms with Crippen molar-refractivity contribution in [2.24, 2.45) is 10.4 Å². The van der Waals surface area contributed by atoms with Crippen LogP contribution in [0.25, 0.3) is 0 Å². The van der Waals surface area contributed by atoms with Crippen LogP contribution in [-0.2, 0) is 4.74 Å². The van der Waals surface area contributed by atoms with Gasteiger partial charge in [0.2, 0.25) is 0 Å². The zero-order valence-electron chi connectivity index (χ0n) is 17.1. The molecule has 6 nitrogen and oxygen atoms in total. The molecule has 7 heteroatoms. The van der Waals surface area contributed by atoms with E-state index in [4.69, 9.17) is 9.73 Å². The summed E-state index contributed by atoms with van der Waals surface area (Å²) in [7, 11) is 1.79. The highest BCUT2D eigenvalue weighted by molar-refractivity contribution is 14.0. The topological polar surface area (TPSA) is 52.1 Å². The molecule has 2 N–H and O–H groups in total. The first-order valence-electron chi connectivity index (χ1n) is 10.2. The fraction of sp³-hybridized carbons (Fsp3) is 0.947. The van der Waals surface area contributed by atoms with Crippen LogP contribution in [0.2, 0.25) is 0 Å². The van der Waals surface area contributed by atoms with Crippen LogP contribution in [-0.4, -0.2) is 88.4 Å². The quantitative estimate of drug-likeness (QED) is 0.284. The van der Waals surface area contributed by atoms with E-state index in [2.05, 4.69) is 34.3 Å². The molecule has 1 saturated heterocycles. The molecule has 2 aliphatic rings. The lowest BCUT2D eigenvalue weighted by atomic mass is 9.67. The van der Waals surface area contributed by atoms with Crippen molar-refractivity contribution < 1.29 is 4.74 Å². The Morgan fingerprint density at radius 2 is 1.77 bits per heavy atom. The van der Waals surface area contributed by atoms with Gasteiger partial charge in [0.15, 0.2) is 5.96 Å². The molecule has 154 valence electrons. The molecule has 1 aliphatic heterocycles. The van der Waals surface area contributed by atoms with Crippen LogP contribution in [0.15, 0.2) is 4.99 Å². The van der Waals surface area contributed by atoms with Gasteiger partial charge >= 0.3 is 0 Å². The monoisotopic (exact) mass is 481 g/mol. The second-order valence-electron chi connectivity index (χ2n) is 7.49. The van der Waals surface area contributed by atoms with Gasteiger partial charge in [0.1, 0.15) is 0 Å². The lowest BCUT2D eigenvalue weighted by molar-refractivity contribution is 0.0778. The highest BCUT2D eigenvalue weighted by atomic mass is 127. The maximum atomic E-state index is 5.29. The molecule has 26 heavy (non-hydrogen) atoms. The summed E-state index contributed by atoms with van der Waals surface area (Å²) in [5.41, 5.74) is 0.384. The van der Waals surface area contributed by atoms with Crippen LogP contribution in [0.4, 0.5) is 0 Å². The molecule has 1 aliphatic carbocycles. The smallest absolute Gasteiger partial charge is 0.191 e. The lowest BCUT2D eigenvalue weighted by Crippen LogP contribution is -2.49. The van der Waals surface area contributed by atoms with Gasteiger partial charge in [-0.1, -0.05) is 13.3 Å². The van der Waals surface area contributed by atoms with Gasteiger partial charge in [-0.25, -0.2) is 0 Å². The van der Waals surface area contributed by atoms with Crippen LogP contribution in [0, 0.1) is 5.41 Å². The highest BCUT2D eigenvalue weighted by Gasteiger charge is 2.36. The van der Waals surface area contributed by atoms with Crippen molar-refractivity contribution in [3.05, 3.63) is 0 Å². The fourth-order valence-electron chi connectivity index (χ4n) is 3.73. The molecular formula is C19H40IN5O. The van der Waals surface area contributed by atoms with Crippen molar-refractivity contribution in [1.82, 2.24) is 20.4 Å². The van der Waals surface area contributed by atoms with E-state index in [9.17, 15) is 0 Å². The van der Waals surface area contributed by atoms with Crippen LogP contribution in [0.1, 0.15) is 39.5 Å². The Kier molecular flexibility index (Phi) is 12.1. The van der Waals surface area contributed by atoms with E-state index in [1.807, 2.05) is 0 Å². The summed E-state index contributed by atoms with van der Waals surface area (Å²) in [6.07, 6.45) is 5.06. The van der Waals surface area contributed by atoms with E-state index in [0.717, 1.165) is 45.2 Å². The molecule has 2 rings (SSSR count). The summed E-state index contributed by atoms with van der Waals surface area (Å²) in [6.45, 7) is 15.1. The molecule has 0 unspecified atom stereocenters. The third-order valence-corrected chi connectivity index (χ3v) is 5.80. The van der Waals surface area contributed by atoms with Gasteiger partial charge in [-0.05, 0) is 38.1 Å². The van der Waals surface area contributed by atoms with Crippen molar-refractivity contribution >= 4 is 29.9 Å². The molecule has 0 amide bonds. The predicted octanol–water partition coefficient (Wildman–Crippen LogP) is 2.00. The largest absolute Gasteiger partial charge is 0.385 e. The second kappa shape index (κ2) is 13.1. The Hall–Kier alpha value is -0.120. The number of methoxy groups -OCH3 is 1. The van der Waals surface area contributed by atoms with E-state index < -0.39 is 0 Å². The zero-order valence-corrected chi connectivity index (χ0v) is 19.4. The molecule has 0 aromatic carbocycles. The molecule has 0 bridgehead atoms. The number of hydrogen-bond acceptors (Lipinski definition) is 4. The van der Waals surface area contributed by atoms with E-state index in [1.165, 1.54) is 52.0 Å². The van der Waals surface area contributed by atoms with Crippen LogP contribution < -0.4 is 10.6 Å². The van der Waals surface area contributed by atoms with Crippen molar-refractivity contribution in [3.8, 4) is 0 Å². The van der Waals surface area contributed by atoms with Gasteiger partial charge in [-0.3, -0.25) is 9.89 Å². The van der Waals surface area contributed by atoms with Gasteiger partial charge in [0, 0.05) is 66.1 Å². The second-order valence-corrected chi connectivity index (χ2v) is 7.49. The first-order valence-corrected chi connectivity index (χ1v) is 10.2. The van der Waals surface area contributed by atoms with E-state index in [1.54, 1.807) is 7.11 Å². The molecule has 1 heterocycles. The van der Waals surface area contributed by atoms with Crippen LogP contribution in [0.3, 0.4) is 0 Å². The van der Waals surface area contributed by atoms with Crippen molar-refractivity contribution in [2.75, 3.05) is 72.6 Å². The number of nitrogens with one attached hydrogen (secondary N) is 2. The van der Waals surface area contributed by atoms with Gasteiger partial charge in [-0.15, -0.1) is 24.0 Å². The number of rotatable bonds is 10. The first-order chi connectivity index (χ1) is 12.2. The zero-order chi connectivity index (χ0) is 18.0. The average Bonchev–Trinajstić information content (AvgIpc) is 2.61. The van der Waals surface area contributed by atoms with Gasteiger partial charge in [-0.2, -0.15) is 0 Å². The van der Waals surface area contributed by atoms with E-state index >= 15 is 0 Å². The number of piperazine rings is 1. The molecule has 0 radical (unpaired) electrons. The van der Waals surface area contributed by atoms with Crippen LogP contribution in [0.5, 0.6) is 0 Å². The molecule has 0 aromatic rings. The third-order valence-electron chi connectivity index (χ3n) is 5.80. The molecule has 2 fully saturated rings. The number of ether oxygens (including phenoxy) is 1. The number of likely N-dealkylation sites (N-methyl/N-ethyl adjacent to an activating group) is 1. The number of aliphatic imine (C=N–C) groups is 1. The SMILES string of the molecule is CCNC(=NCC1(CCOC)CCC1)NCCN1CCN(CC)CC1.I. The normalized spacial score (nSPS) is 21.0. The van der Waals surface area contributed by atoms with Crippen LogP contribution >= 0.6 is 24.0 Å². The van der Waals surface area contributed by atoms with Gasteiger partial charge in [0.25, 0.3) is 0 Å². The maximum Gasteiger partial charge on any atom is 0.191 e. The molecular weight excluding hydrogens is 441 g/mol. The first kappa shape index (κ1) is 23.9. The highest BCUT2D eigenvalue weighted by Crippen LogP contribution is 2.44. The molecule has 0 aromatic heterocycles. The minimum atomic E-state index is 0. The number of halogens is 1. The molecule has 0 atom stereocenters. The Bertz CT molecular complexity index is 395.